The summed E-state index contributed by atoms with van der Waals surface area (Å²) in [5.41, 5.74) is 1.85. The van der Waals surface area contributed by atoms with E-state index in [0.717, 1.165) is 36.8 Å². The second kappa shape index (κ2) is 13.5. The van der Waals surface area contributed by atoms with E-state index in [-0.39, 0.29) is 35.5 Å². The fraction of sp³-hybridized carbons (Fsp3) is 0.488. The van der Waals surface area contributed by atoms with Crippen LogP contribution < -0.4 is 0 Å². The molecule has 1 spiro atoms. The van der Waals surface area contributed by atoms with Crippen LogP contribution in [0, 0.1) is 16.7 Å². The van der Waals surface area contributed by atoms with Crippen molar-refractivity contribution in [3.8, 4) is 0 Å². The average molecular weight is 651 g/mol. The van der Waals surface area contributed by atoms with Crippen LogP contribution in [0.1, 0.15) is 93.1 Å². The van der Waals surface area contributed by atoms with Gasteiger partial charge in [-0.05, 0) is 61.0 Å². The Morgan fingerprint density at radius 3 is 2.06 bits per heavy atom. The third-order valence-corrected chi connectivity index (χ3v) is 12.2. The minimum absolute atomic E-state index is 0.0332. The Kier molecular flexibility index (Phi) is 9.54. The standard InChI is InChI=1S/C41H50N2O5/c1-39(2)32-23-25-40(39,3)41(27-32)24-15-22-35(48-41)43(38(46)47-28-29-16-9-6-10-17-29)36(37(45)42(4)5)33(30-18-11-7-12-19-30)26-34(44)31-20-13-8-14-21-31/h6-14,16-21,32-33,35-36H,15,22-28H2,1-5H3/t32-,33-,35-,36-,40-,41-/m1/s1. The number of hydrogen-bond donors (Lipinski definition) is 0. The van der Waals surface area contributed by atoms with Crippen LogP contribution in [0.5, 0.6) is 0 Å². The van der Waals surface area contributed by atoms with Gasteiger partial charge in [0.15, 0.2) is 5.78 Å². The Morgan fingerprint density at radius 1 is 0.854 bits per heavy atom. The SMILES string of the molecule is CN(C)C(=O)[C@@H]([C@H](CC(=O)c1ccccc1)c1ccccc1)N(C(=O)OCc1ccccc1)[C@H]1CCC[C@]2(C[C@H]3CC[C@]2(C)C3(C)C)O1. The van der Waals surface area contributed by atoms with E-state index in [9.17, 15) is 14.4 Å². The molecule has 6 atom stereocenters. The zero-order valence-corrected chi connectivity index (χ0v) is 29.1. The first-order chi connectivity index (χ1) is 23.0. The van der Waals surface area contributed by atoms with Crippen LogP contribution in [0.2, 0.25) is 0 Å². The predicted molar refractivity (Wildman–Crippen MR) is 186 cm³/mol. The first-order valence-corrected chi connectivity index (χ1v) is 17.5. The van der Waals surface area contributed by atoms with Crippen LogP contribution in [0.25, 0.3) is 0 Å². The average Bonchev–Trinajstić information content (AvgIpc) is 3.41. The van der Waals surface area contributed by atoms with Crippen molar-refractivity contribution in [3.05, 3.63) is 108 Å². The van der Waals surface area contributed by atoms with Crippen molar-refractivity contribution in [2.24, 2.45) is 16.7 Å². The Morgan fingerprint density at radius 2 is 1.48 bits per heavy atom. The van der Waals surface area contributed by atoms with Gasteiger partial charge in [0.05, 0.1) is 5.60 Å². The normalized spacial score (nSPS) is 26.9. The van der Waals surface area contributed by atoms with Gasteiger partial charge in [-0.2, -0.15) is 0 Å². The largest absolute Gasteiger partial charge is 0.444 e. The molecule has 3 aromatic rings. The van der Waals surface area contributed by atoms with E-state index in [1.165, 1.54) is 11.3 Å². The van der Waals surface area contributed by atoms with Crippen LogP contribution in [0.3, 0.4) is 0 Å². The molecule has 6 rings (SSSR count). The van der Waals surface area contributed by atoms with Crippen molar-refractivity contribution >= 4 is 17.8 Å². The van der Waals surface area contributed by atoms with Crippen molar-refractivity contribution in [3.63, 3.8) is 0 Å². The molecule has 2 bridgehead atoms. The van der Waals surface area contributed by atoms with Gasteiger partial charge in [0.25, 0.3) is 0 Å². The number of benzene rings is 3. The third kappa shape index (κ3) is 6.06. The van der Waals surface area contributed by atoms with Crippen LogP contribution in [-0.2, 0) is 20.9 Å². The van der Waals surface area contributed by atoms with E-state index < -0.39 is 29.9 Å². The molecule has 48 heavy (non-hydrogen) atoms. The summed E-state index contributed by atoms with van der Waals surface area (Å²) in [7, 11) is 3.40. The molecule has 0 N–H and O–H groups in total. The Hall–Kier alpha value is -3.97. The van der Waals surface area contributed by atoms with Gasteiger partial charge >= 0.3 is 6.09 Å². The number of rotatable bonds is 10. The molecule has 1 heterocycles. The number of carbonyl (C=O) groups excluding carboxylic acids is 3. The van der Waals surface area contributed by atoms with Crippen molar-refractivity contribution in [2.45, 2.75) is 96.1 Å². The molecular weight excluding hydrogens is 600 g/mol. The van der Waals surface area contributed by atoms with E-state index in [0.29, 0.717) is 17.9 Å². The van der Waals surface area contributed by atoms with E-state index in [1.807, 2.05) is 78.9 Å². The molecule has 0 radical (unpaired) electrons. The van der Waals surface area contributed by atoms with E-state index >= 15 is 0 Å². The quantitative estimate of drug-likeness (QED) is 0.207. The lowest BCUT2D eigenvalue weighted by Gasteiger charge is -2.54. The number of Topliss-reactive ketones (excluding diaryl/α,β-unsaturated/α-hetero) is 1. The summed E-state index contributed by atoms with van der Waals surface area (Å²) >= 11 is 0. The van der Waals surface area contributed by atoms with E-state index in [1.54, 1.807) is 31.1 Å². The fourth-order valence-electron chi connectivity index (χ4n) is 9.09. The van der Waals surface area contributed by atoms with Crippen LogP contribution in [0.4, 0.5) is 4.79 Å². The topological polar surface area (TPSA) is 76.2 Å². The second-order valence-electron chi connectivity index (χ2n) is 15.1. The molecule has 2 saturated carbocycles. The van der Waals surface area contributed by atoms with Crippen molar-refractivity contribution in [1.82, 2.24) is 9.80 Å². The van der Waals surface area contributed by atoms with Gasteiger partial charge in [-0.25, -0.2) is 4.79 Å². The maximum atomic E-state index is 14.6. The lowest BCUT2D eigenvalue weighted by molar-refractivity contribution is -0.235. The van der Waals surface area contributed by atoms with Gasteiger partial charge in [0.1, 0.15) is 18.9 Å². The number of amides is 2. The lowest BCUT2D eigenvalue weighted by Crippen LogP contribution is -2.62. The van der Waals surface area contributed by atoms with Crippen molar-refractivity contribution in [2.75, 3.05) is 14.1 Å². The second-order valence-corrected chi connectivity index (χ2v) is 15.1. The van der Waals surface area contributed by atoms with Crippen LogP contribution in [-0.4, -0.2) is 59.5 Å². The molecule has 3 aliphatic rings. The number of ether oxygens (including phenoxy) is 2. The Bertz CT molecular complexity index is 1590. The minimum atomic E-state index is -1.04. The zero-order valence-electron chi connectivity index (χ0n) is 29.1. The summed E-state index contributed by atoms with van der Waals surface area (Å²) in [6.07, 6.45) is 4.31. The van der Waals surface area contributed by atoms with Gasteiger partial charge < -0.3 is 14.4 Å². The maximum absolute atomic E-state index is 14.6. The molecule has 2 amide bonds. The first kappa shape index (κ1) is 33.9. The highest BCUT2D eigenvalue weighted by atomic mass is 16.6. The number of fused-ring (bicyclic) bond motifs is 3. The van der Waals surface area contributed by atoms with Gasteiger partial charge in [0, 0.05) is 37.4 Å². The number of hydrogen-bond acceptors (Lipinski definition) is 5. The van der Waals surface area contributed by atoms with Crippen molar-refractivity contribution in [1.29, 1.82) is 0 Å². The summed E-state index contributed by atoms with van der Waals surface area (Å²) in [4.78, 5) is 46.2. The molecule has 7 heteroatoms. The molecule has 254 valence electrons. The van der Waals surface area contributed by atoms with E-state index in [4.69, 9.17) is 9.47 Å². The van der Waals surface area contributed by atoms with Crippen LogP contribution >= 0.6 is 0 Å². The molecule has 0 aromatic heterocycles. The molecule has 0 unspecified atom stereocenters. The van der Waals surface area contributed by atoms with Crippen LogP contribution in [0.15, 0.2) is 91.0 Å². The summed E-state index contributed by atoms with van der Waals surface area (Å²) in [6, 6.07) is 27.3. The van der Waals surface area contributed by atoms with Gasteiger partial charge in [-0.15, -0.1) is 0 Å². The molecule has 2 aliphatic carbocycles. The molecule has 1 saturated heterocycles. The molecular formula is C41H50N2O5. The van der Waals surface area contributed by atoms with Gasteiger partial charge in [-0.1, -0.05) is 112 Å². The zero-order chi connectivity index (χ0) is 34.1. The fourth-order valence-corrected chi connectivity index (χ4v) is 9.09. The highest BCUT2D eigenvalue weighted by Crippen LogP contribution is 2.72. The van der Waals surface area contributed by atoms with E-state index in [2.05, 4.69) is 20.8 Å². The first-order valence-electron chi connectivity index (χ1n) is 17.5. The Labute approximate surface area is 285 Å². The smallest absolute Gasteiger partial charge is 0.412 e. The molecule has 7 nitrogen and oxygen atoms in total. The summed E-state index contributed by atoms with van der Waals surface area (Å²) in [5.74, 6) is -0.475. The van der Waals surface area contributed by atoms with Crippen molar-refractivity contribution < 1.29 is 23.9 Å². The number of ketones is 1. The third-order valence-electron chi connectivity index (χ3n) is 12.2. The maximum Gasteiger partial charge on any atom is 0.412 e. The molecule has 1 aliphatic heterocycles. The number of nitrogens with zero attached hydrogens (tertiary/aromatic N) is 2. The number of likely N-dealkylation sites (N-methyl/N-ethyl adjacent to an activating group) is 1. The van der Waals surface area contributed by atoms with Gasteiger partial charge in [0.2, 0.25) is 5.91 Å². The number of carbonyl (C=O) groups is 3. The Balaban J connectivity index is 1.44. The summed E-state index contributed by atoms with van der Waals surface area (Å²) in [6.45, 7) is 7.17. The van der Waals surface area contributed by atoms with Gasteiger partial charge in [-0.3, -0.25) is 14.5 Å². The molecule has 3 fully saturated rings. The minimum Gasteiger partial charge on any atom is -0.444 e. The summed E-state index contributed by atoms with van der Waals surface area (Å²) < 4.78 is 13.4. The highest BCUT2D eigenvalue weighted by molar-refractivity contribution is 5.97. The monoisotopic (exact) mass is 650 g/mol. The summed E-state index contributed by atoms with van der Waals surface area (Å²) in [5, 5.41) is 0. The predicted octanol–water partition coefficient (Wildman–Crippen LogP) is 8.25. The molecule has 3 aromatic carbocycles. The lowest BCUT2D eigenvalue weighted by atomic mass is 9.62. The highest BCUT2D eigenvalue weighted by Gasteiger charge is 2.70.